The Balaban J connectivity index is 2.56. The number of carboxylic acid groups (broad SMARTS) is 1. The van der Waals surface area contributed by atoms with Crippen LogP contribution in [0.3, 0.4) is 0 Å². The van der Waals surface area contributed by atoms with Gasteiger partial charge in [-0.15, -0.1) is 11.3 Å². The van der Waals surface area contributed by atoms with Gasteiger partial charge in [-0.2, -0.15) is 13.2 Å². The van der Waals surface area contributed by atoms with Crippen molar-refractivity contribution in [3.8, 4) is 0 Å². The van der Waals surface area contributed by atoms with E-state index in [4.69, 9.17) is 5.11 Å². The number of hydrogen-bond donors (Lipinski definition) is 2. The lowest BCUT2D eigenvalue weighted by Gasteiger charge is -2.08. The van der Waals surface area contributed by atoms with E-state index in [-0.39, 0.29) is 17.0 Å². The number of alkyl halides is 3. The highest BCUT2D eigenvalue weighted by atomic mass is 32.1. The van der Waals surface area contributed by atoms with Gasteiger partial charge in [-0.05, 0) is 19.4 Å². The molecule has 0 bridgehead atoms. The Labute approximate surface area is 122 Å². The smallest absolute Gasteiger partial charge is 0.411 e. The zero-order valence-electron chi connectivity index (χ0n) is 11.3. The Bertz CT molecular complexity index is 539. The molecule has 0 fully saturated rings. The molecule has 1 aromatic rings. The van der Waals surface area contributed by atoms with Gasteiger partial charge >= 0.3 is 12.1 Å². The molecule has 2 N–H and O–H groups in total. The summed E-state index contributed by atoms with van der Waals surface area (Å²) in [5, 5.41) is 11.6. The summed E-state index contributed by atoms with van der Waals surface area (Å²) < 4.78 is 39.8. The molecule has 1 amide bonds. The first kappa shape index (κ1) is 17.4. The topological polar surface area (TPSA) is 75.6 Å². The SMILES string of the molecule is Cc1sc(NC(=O)CCOCC(F)(F)F)c(C(=O)O)c1C. The molecule has 0 aliphatic heterocycles. The second-order valence-electron chi connectivity index (χ2n) is 4.26. The molecule has 1 rings (SSSR count). The molecule has 9 heteroatoms. The molecule has 0 saturated carbocycles. The van der Waals surface area contributed by atoms with Crippen molar-refractivity contribution in [3.63, 3.8) is 0 Å². The molecule has 0 saturated heterocycles. The van der Waals surface area contributed by atoms with E-state index < -0.39 is 31.3 Å². The molecule has 0 radical (unpaired) electrons. The standard InChI is InChI=1S/C12H14F3NO4S/c1-6-7(2)21-10(9(6)11(18)19)16-8(17)3-4-20-5-12(13,14)15/h3-5H2,1-2H3,(H,16,17)(H,18,19). The molecule has 0 aromatic carbocycles. The molecule has 0 aliphatic rings. The van der Waals surface area contributed by atoms with Gasteiger partial charge in [0.25, 0.3) is 0 Å². The maximum atomic E-state index is 11.8. The number of hydrogen-bond acceptors (Lipinski definition) is 4. The third-order valence-corrected chi connectivity index (χ3v) is 3.71. The highest BCUT2D eigenvalue weighted by Crippen LogP contribution is 2.32. The van der Waals surface area contributed by atoms with Gasteiger partial charge in [0.2, 0.25) is 5.91 Å². The molecular weight excluding hydrogens is 311 g/mol. The minimum absolute atomic E-state index is 0.00191. The number of amides is 1. The lowest BCUT2D eigenvalue weighted by atomic mass is 10.1. The van der Waals surface area contributed by atoms with E-state index in [1.807, 2.05) is 0 Å². The summed E-state index contributed by atoms with van der Waals surface area (Å²) in [6.07, 6.45) is -4.72. The minimum atomic E-state index is -4.44. The van der Waals surface area contributed by atoms with Crippen LogP contribution in [0.15, 0.2) is 0 Å². The lowest BCUT2D eigenvalue weighted by Crippen LogP contribution is -2.20. The van der Waals surface area contributed by atoms with E-state index in [2.05, 4.69) is 10.1 Å². The van der Waals surface area contributed by atoms with Crippen LogP contribution in [0.5, 0.6) is 0 Å². The Morgan fingerprint density at radius 3 is 2.48 bits per heavy atom. The first-order chi connectivity index (χ1) is 9.61. The number of anilines is 1. The van der Waals surface area contributed by atoms with Gasteiger partial charge in [-0.25, -0.2) is 4.79 Å². The summed E-state index contributed by atoms with van der Waals surface area (Å²) in [6.45, 7) is 1.53. The van der Waals surface area contributed by atoms with E-state index in [9.17, 15) is 22.8 Å². The van der Waals surface area contributed by atoms with Crippen LogP contribution in [0.2, 0.25) is 0 Å². The second-order valence-corrected chi connectivity index (χ2v) is 5.48. The number of thiophene rings is 1. The molecule has 0 aliphatic carbocycles. The van der Waals surface area contributed by atoms with E-state index in [1.165, 1.54) is 0 Å². The second kappa shape index (κ2) is 6.90. The van der Waals surface area contributed by atoms with Crippen LogP contribution < -0.4 is 5.32 Å². The van der Waals surface area contributed by atoms with Crippen LogP contribution in [-0.2, 0) is 9.53 Å². The number of carboxylic acids is 1. The van der Waals surface area contributed by atoms with Gasteiger partial charge in [0.15, 0.2) is 0 Å². The lowest BCUT2D eigenvalue weighted by molar-refractivity contribution is -0.174. The molecule has 5 nitrogen and oxygen atoms in total. The Kier molecular flexibility index (Phi) is 5.73. The average Bonchev–Trinajstić information content (AvgIpc) is 2.59. The first-order valence-electron chi connectivity index (χ1n) is 5.89. The predicted molar refractivity (Wildman–Crippen MR) is 70.9 cm³/mol. The van der Waals surface area contributed by atoms with Crippen molar-refractivity contribution in [2.45, 2.75) is 26.4 Å². The number of ether oxygens (including phenoxy) is 1. The summed E-state index contributed by atoms with van der Waals surface area (Å²) in [7, 11) is 0. The van der Waals surface area contributed by atoms with Gasteiger partial charge in [0, 0.05) is 4.88 Å². The fourth-order valence-corrected chi connectivity index (χ4v) is 2.58. The van der Waals surface area contributed by atoms with E-state index in [0.717, 1.165) is 16.2 Å². The maximum Gasteiger partial charge on any atom is 0.411 e. The molecule has 0 spiro atoms. The van der Waals surface area contributed by atoms with Crippen molar-refractivity contribution in [2.24, 2.45) is 0 Å². The van der Waals surface area contributed by atoms with E-state index >= 15 is 0 Å². The molecular formula is C12H14F3NO4S. The number of aryl methyl sites for hydroxylation is 1. The summed E-state index contributed by atoms with van der Waals surface area (Å²) in [6, 6.07) is 0. The van der Waals surface area contributed by atoms with Crippen molar-refractivity contribution in [3.05, 3.63) is 16.0 Å². The van der Waals surface area contributed by atoms with Crippen molar-refractivity contribution < 1.29 is 32.6 Å². The molecule has 0 unspecified atom stereocenters. The van der Waals surface area contributed by atoms with Crippen molar-refractivity contribution in [1.29, 1.82) is 0 Å². The van der Waals surface area contributed by atoms with Gasteiger partial charge in [-0.1, -0.05) is 0 Å². The number of carbonyl (C=O) groups is 2. The normalized spacial score (nSPS) is 11.5. The molecule has 118 valence electrons. The summed E-state index contributed by atoms with van der Waals surface area (Å²) in [5.74, 6) is -1.76. The van der Waals surface area contributed by atoms with E-state index in [0.29, 0.717) is 5.56 Å². The highest BCUT2D eigenvalue weighted by molar-refractivity contribution is 7.16. The molecule has 0 atom stereocenters. The van der Waals surface area contributed by atoms with Gasteiger partial charge in [-0.3, -0.25) is 4.79 Å². The Morgan fingerprint density at radius 2 is 1.95 bits per heavy atom. The van der Waals surface area contributed by atoms with E-state index in [1.54, 1.807) is 13.8 Å². The fourth-order valence-electron chi connectivity index (χ4n) is 1.51. The van der Waals surface area contributed by atoms with Gasteiger partial charge in [0.05, 0.1) is 18.6 Å². The average molecular weight is 325 g/mol. The predicted octanol–water partition coefficient (Wildman–Crippen LogP) is 2.97. The van der Waals surface area contributed by atoms with Gasteiger partial charge < -0.3 is 15.2 Å². The summed E-state index contributed by atoms with van der Waals surface area (Å²) in [5.41, 5.74) is 0.554. The number of aromatic carboxylic acids is 1. The molecule has 21 heavy (non-hydrogen) atoms. The van der Waals surface area contributed by atoms with Crippen LogP contribution in [0.4, 0.5) is 18.2 Å². The summed E-state index contributed by atoms with van der Waals surface area (Å²) in [4.78, 5) is 23.4. The number of rotatable bonds is 6. The van der Waals surface area contributed by atoms with Crippen molar-refractivity contribution in [2.75, 3.05) is 18.5 Å². The third kappa shape index (κ3) is 5.35. The first-order valence-corrected chi connectivity index (χ1v) is 6.71. The quantitative estimate of drug-likeness (QED) is 0.789. The third-order valence-electron chi connectivity index (χ3n) is 2.59. The number of nitrogens with one attached hydrogen (secondary N) is 1. The largest absolute Gasteiger partial charge is 0.478 e. The molecule has 1 aromatic heterocycles. The molecule has 1 heterocycles. The summed E-state index contributed by atoms with van der Waals surface area (Å²) >= 11 is 1.11. The zero-order valence-corrected chi connectivity index (χ0v) is 12.2. The van der Waals surface area contributed by atoms with Crippen LogP contribution >= 0.6 is 11.3 Å². The maximum absolute atomic E-state index is 11.8. The number of carbonyl (C=O) groups excluding carboxylic acids is 1. The van der Waals surface area contributed by atoms with Crippen LogP contribution in [0.1, 0.15) is 27.2 Å². The van der Waals surface area contributed by atoms with Gasteiger partial charge in [0.1, 0.15) is 11.6 Å². The van der Waals surface area contributed by atoms with Crippen LogP contribution in [0, 0.1) is 13.8 Å². The minimum Gasteiger partial charge on any atom is -0.478 e. The monoisotopic (exact) mass is 325 g/mol. The van der Waals surface area contributed by atoms with Crippen LogP contribution in [0.25, 0.3) is 0 Å². The number of halogens is 3. The Morgan fingerprint density at radius 1 is 1.33 bits per heavy atom. The van der Waals surface area contributed by atoms with Crippen molar-refractivity contribution in [1.82, 2.24) is 0 Å². The zero-order chi connectivity index (χ0) is 16.2. The Hall–Kier alpha value is -1.61. The van der Waals surface area contributed by atoms with Crippen molar-refractivity contribution >= 4 is 28.2 Å². The van der Waals surface area contributed by atoms with Crippen LogP contribution in [-0.4, -0.2) is 36.4 Å². The fraction of sp³-hybridized carbons (Fsp3) is 0.500. The highest BCUT2D eigenvalue weighted by Gasteiger charge is 2.27.